The number of nitrogens with one attached hydrogen (secondary N) is 1. The Hall–Kier alpha value is -5.22. The molecule has 208 valence electrons. The molecule has 4 nitrogen and oxygen atoms in total. The molecule has 0 fully saturated rings. The number of nitrogen functional groups attached to an aromatic ring is 2. The Bertz CT molecular complexity index is 1470. The van der Waals surface area contributed by atoms with Crippen LogP contribution in [0, 0.1) is 6.92 Å². The highest BCUT2D eigenvalue weighted by Crippen LogP contribution is 2.16. The van der Waals surface area contributed by atoms with Gasteiger partial charge in [0.1, 0.15) is 0 Å². The van der Waals surface area contributed by atoms with E-state index < -0.39 is 0 Å². The van der Waals surface area contributed by atoms with Crippen molar-refractivity contribution in [1.82, 2.24) is 0 Å². The third-order valence-electron chi connectivity index (χ3n) is 5.96. The van der Waals surface area contributed by atoms with E-state index in [2.05, 4.69) is 34.5 Å². The minimum absolute atomic E-state index is 0.823. The average molecular weight is 541 g/mol. The van der Waals surface area contributed by atoms with Crippen LogP contribution in [0.1, 0.15) is 5.56 Å². The number of hydrogen-bond donors (Lipinski definition) is 3. The van der Waals surface area contributed by atoms with Crippen LogP contribution in [0.25, 0.3) is 10.8 Å². The number of anilines is 5. The van der Waals surface area contributed by atoms with Gasteiger partial charge in [0.25, 0.3) is 0 Å². The van der Waals surface area contributed by atoms with Crippen LogP contribution in [0.15, 0.2) is 158 Å². The van der Waals surface area contributed by atoms with Crippen LogP contribution in [0.3, 0.4) is 0 Å². The van der Waals surface area contributed by atoms with Crippen LogP contribution in [-0.4, -0.2) is 14.1 Å². The van der Waals surface area contributed by atoms with Gasteiger partial charge in [-0.05, 0) is 78.4 Å². The molecule has 6 rings (SSSR count). The second kappa shape index (κ2) is 16.7. The third kappa shape index (κ3) is 11.6. The number of aryl methyl sites for hydroxylation is 1. The minimum Gasteiger partial charge on any atom is -0.399 e. The fraction of sp³-hybridized carbons (Fsp3) is 0.0811. The van der Waals surface area contributed by atoms with E-state index in [1.807, 2.05) is 154 Å². The Labute approximate surface area is 244 Å². The number of rotatable bonds is 3. The van der Waals surface area contributed by atoms with Crippen LogP contribution in [-0.2, 0) is 0 Å². The van der Waals surface area contributed by atoms with Gasteiger partial charge in [0.05, 0.1) is 0 Å². The Morgan fingerprint density at radius 3 is 1.37 bits per heavy atom. The van der Waals surface area contributed by atoms with E-state index in [-0.39, 0.29) is 0 Å². The molecule has 0 saturated carbocycles. The summed E-state index contributed by atoms with van der Waals surface area (Å²) in [6, 6.07) is 52.5. The van der Waals surface area contributed by atoms with Crippen molar-refractivity contribution in [2.45, 2.75) is 6.92 Å². The van der Waals surface area contributed by atoms with Crippen LogP contribution < -0.4 is 21.7 Å². The molecule has 41 heavy (non-hydrogen) atoms. The molecule has 0 aliphatic carbocycles. The van der Waals surface area contributed by atoms with Gasteiger partial charge >= 0.3 is 0 Å². The quantitative estimate of drug-likeness (QED) is 0.196. The zero-order chi connectivity index (χ0) is 29.3. The van der Waals surface area contributed by atoms with Crippen LogP contribution in [0.4, 0.5) is 28.4 Å². The first-order valence-corrected chi connectivity index (χ1v) is 13.6. The fourth-order valence-corrected chi connectivity index (χ4v) is 3.71. The molecule has 0 heterocycles. The summed E-state index contributed by atoms with van der Waals surface area (Å²) < 4.78 is 0. The highest BCUT2D eigenvalue weighted by molar-refractivity contribution is 5.85. The zero-order valence-corrected chi connectivity index (χ0v) is 24.1. The summed E-state index contributed by atoms with van der Waals surface area (Å²) in [6.45, 7) is 2.04. The summed E-state index contributed by atoms with van der Waals surface area (Å²) in [5.74, 6) is 0. The lowest BCUT2D eigenvalue weighted by atomic mass is 10.1. The van der Waals surface area contributed by atoms with Gasteiger partial charge in [-0.15, -0.1) is 0 Å². The van der Waals surface area contributed by atoms with Crippen LogP contribution >= 0.6 is 0 Å². The SMILES string of the molecule is CN(C)c1ccccc1.Cc1ccc(N)cc1.Nc1ccc2ccccc2c1.c1ccc(Nc2ccccc2)cc1. The Morgan fingerprint density at radius 1 is 0.463 bits per heavy atom. The lowest BCUT2D eigenvalue weighted by Gasteiger charge is -2.10. The summed E-state index contributed by atoms with van der Waals surface area (Å²) in [5.41, 5.74) is 17.4. The Morgan fingerprint density at radius 2 is 0.902 bits per heavy atom. The number of para-hydroxylation sites is 3. The number of benzene rings is 6. The molecule has 6 aromatic carbocycles. The Kier molecular flexibility index (Phi) is 12.3. The van der Waals surface area contributed by atoms with Gasteiger partial charge in [-0.3, -0.25) is 0 Å². The van der Waals surface area contributed by atoms with E-state index in [0.717, 1.165) is 22.7 Å². The van der Waals surface area contributed by atoms with E-state index in [1.54, 1.807) is 0 Å². The monoisotopic (exact) mass is 540 g/mol. The first-order chi connectivity index (χ1) is 19.9. The molecular formula is C37H40N4. The molecule has 5 N–H and O–H groups in total. The number of fused-ring (bicyclic) bond motifs is 1. The van der Waals surface area contributed by atoms with E-state index in [0.29, 0.717) is 0 Å². The standard InChI is InChI=1S/C12H11N.C10H9N.C8H11N.C7H9N/c1-3-7-11(8-4-1)13-12-9-5-2-6-10-12;11-10-6-5-8-3-1-2-4-9(8)7-10;1-9(2)8-6-4-3-5-7-8;1-6-2-4-7(8)5-3-6/h1-10,13H;1-7H,11H2;3-7H,1-2H3;2-5H,8H2,1H3. The third-order valence-corrected chi connectivity index (χ3v) is 5.96. The van der Waals surface area contributed by atoms with Crippen LogP contribution in [0.5, 0.6) is 0 Å². The van der Waals surface area contributed by atoms with Crippen molar-refractivity contribution in [2.75, 3.05) is 35.8 Å². The number of nitrogens with zero attached hydrogens (tertiary/aromatic N) is 1. The van der Waals surface area contributed by atoms with Gasteiger partial charge in [-0.25, -0.2) is 0 Å². The molecule has 4 heteroatoms. The lowest BCUT2D eigenvalue weighted by molar-refractivity contribution is 1.13. The molecule has 0 bridgehead atoms. The van der Waals surface area contributed by atoms with Crippen molar-refractivity contribution in [3.8, 4) is 0 Å². The van der Waals surface area contributed by atoms with E-state index in [9.17, 15) is 0 Å². The molecule has 0 atom stereocenters. The van der Waals surface area contributed by atoms with Gasteiger partial charge < -0.3 is 21.7 Å². The van der Waals surface area contributed by atoms with Crippen molar-refractivity contribution in [3.63, 3.8) is 0 Å². The first kappa shape index (κ1) is 30.3. The lowest BCUT2D eigenvalue weighted by Crippen LogP contribution is -2.07. The van der Waals surface area contributed by atoms with Crippen molar-refractivity contribution >= 4 is 39.2 Å². The molecule has 0 aliphatic heterocycles. The molecule has 0 aromatic heterocycles. The smallest absolute Gasteiger partial charge is 0.0384 e. The molecule has 0 aliphatic rings. The minimum atomic E-state index is 0.823. The molecular weight excluding hydrogens is 500 g/mol. The van der Waals surface area contributed by atoms with Crippen LogP contribution in [0.2, 0.25) is 0 Å². The van der Waals surface area contributed by atoms with Gasteiger partial charge in [0.15, 0.2) is 0 Å². The number of hydrogen-bond acceptors (Lipinski definition) is 4. The molecule has 0 spiro atoms. The summed E-state index contributed by atoms with van der Waals surface area (Å²) >= 11 is 0. The second-order valence-corrected chi connectivity index (χ2v) is 9.60. The van der Waals surface area contributed by atoms with E-state index >= 15 is 0 Å². The summed E-state index contributed by atoms with van der Waals surface area (Å²) in [4.78, 5) is 2.08. The van der Waals surface area contributed by atoms with Gasteiger partial charge in [0, 0.05) is 42.5 Å². The van der Waals surface area contributed by atoms with E-state index in [1.165, 1.54) is 22.0 Å². The van der Waals surface area contributed by atoms with E-state index in [4.69, 9.17) is 11.5 Å². The maximum Gasteiger partial charge on any atom is 0.0384 e. The van der Waals surface area contributed by atoms with Gasteiger partial charge in [-0.1, -0.05) is 103 Å². The molecule has 0 unspecified atom stereocenters. The van der Waals surface area contributed by atoms with Gasteiger partial charge in [-0.2, -0.15) is 0 Å². The molecule has 0 saturated heterocycles. The highest BCUT2D eigenvalue weighted by atomic mass is 15.1. The predicted molar refractivity (Wildman–Crippen MR) is 181 cm³/mol. The molecule has 0 radical (unpaired) electrons. The van der Waals surface area contributed by atoms with Crippen molar-refractivity contribution < 1.29 is 0 Å². The maximum atomic E-state index is 5.62. The summed E-state index contributed by atoms with van der Waals surface area (Å²) in [5, 5.41) is 5.74. The average Bonchev–Trinajstić information content (AvgIpc) is 3.01. The highest BCUT2D eigenvalue weighted by Gasteiger charge is 1.91. The Balaban J connectivity index is 0.000000153. The van der Waals surface area contributed by atoms with Crippen molar-refractivity contribution in [2.24, 2.45) is 0 Å². The number of nitrogens with two attached hydrogens (primary N) is 2. The zero-order valence-electron chi connectivity index (χ0n) is 24.1. The molecule has 6 aromatic rings. The van der Waals surface area contributed by atoms with Crippen molar-refractivity contribution in [3.05, 3.63) is 163 Å². The maximum absolute atomic E-state index is 5.62. The predicted octanol–water partition coefficient (Wildman–Crippen LogP) is 9.18. The van der Waals surface area contributed by atoms with Crippen molar-refractivity contribution in [1.29, 1.82) is 0 Å². The topological polar surface area (TPSA) is 67.3 Å². The van der Waals surface area contributed by atoms with Gasteiger partial charge in [0.2, 0.25) is 0 Å². The summed E-state index contributed by atoms with van der Waals surface area (Å²) in [6.07, 6.45) is 0. The second-order valence-electron chi connectivity index (χ2n) is 9.60. The normalized spacial score (nSPS) is 9.54. The summed E-state index contributed by atoms with van der Waals surface area (Å²) in [7, 11) is 4.07. The molecule has 0 amide bonds. The fourth-order valence-electron chi connectivity index (χ4n) is 3.71. The first-order valence-electron chi connectivity index (χ1n) is 13.6. The largest absolute Gasteiger partial charge is 0.399 e.